The third-order valence-electron chi connectivity index (χ3n) is 2.56. The van der Waals surface area contributed by atoms with E-state index in [1.54, 1.807) is 13.0 Å². The van der Waals surface area contributed by atoms with Crippen LogP contribution in [0.5, 0.6) is 0 Å². The van der Waals surface area contributed by atoms with E-state index < -0.39 is 5.97 Å². The molecule has 96 valence electrons. The highest BCUT2D eigenvalue weighted by molar-refractivity contribution is 6.01. The number of ether oxygens (including phenoxy) is 1. The van der Waals surface area contributed by atoms with Crippen LogP contribution in [-0.4, -0.2) is 28.3 Å². The highest BCUT2D eigenvalue weighted by Gasteiger charge is 2.19. The summed E-state index contributed by atoms with van der Waals surface area (Å²) in [4.78, 5) is 16.0. The van der Waals surface area contributed by atoms with Crippen molar-refractivity contribution >= 4 is 17.1 Å². The van der Waals surface area contributed by atoms with Gasteiger partial charge in [0.1, 0.15) is 16.8 Å². The maximum absolute atomic E-state index is 11.7. The molecule has 0 aliphatic carbocycles. The average molecular weight is 259 g/mol. The molecule has 0 radical (unpaired) electrons. The van der Waals surface area contributed by atoms with E-state index in [0.29, 0.717) is 22.7 Å². The van der Waals surface area contributed by atoms with Crippen molar-refractivity contribution in [3.8, 4) is 11.6 Å². The molecule has 0 saturated carbocycles. The Hall–Kier alpha value is -2.70. The number of hydrogen-bond donors (Lipinski definition) is 0. The Kier molecular flexibility index (Phi) is 2.52. The summed E-state index contributed by atoms with van der Waals surface area (Å²) in [6, 6.07) is 3.15. The summed E-state index contributed by atoms with van der Waals surface area (Å²) in [5.41, 5.74) is 1.55. The number of aromatic nitrogens is 3. The van der Waals surface area contributed by atoms with E-state index in [2.05, 4.69) is 15.2 Å². The Labute approximate surface area is 107 Å². The lowest BCUT2D eigenvalue weighted by Crippen LogP contribution is -2.03. The van der Waals surface area contributed by atoms with E-state index in [1.807, 2.05) is 0 Å². The molecule has 0 bridgehead atoms. The monoisotopic (exact) mass is 259 g/mol. The summed E-state index contributed by atoms with van der Waals surface area (Å²) >= 11 is 0. The molecule has 0 fully saturated rings. The largest absolute Gasteiger partial charge is 0.465 e. The fraction of sp³-hybridized carbons (Fsp3) is 0.167. The molecule has 0 N–H and O–H groups in total. The van der Waals surface area contributed by atoms with Gasteiger partial charge < -0.3 is 13.6 Å². The molecule has 0 aliphatic heterocycles. The van der Waals surface area contributed by atoms with Crippen molar-refractivity contribution in [1.29, 1.82) is 0 Å². The lowest BCUT2D eigenvalue weighted by molar-refractivity contribution is 0.0601. The fourth-order valence-corrected chi connectivity index (χ4v) is 1.73. The lowest BCUT2D eigenvalue weighted by Gasteiger charge is -2.01. The number of carbonyl (C=O) groups is 1. The summed E-state index contributed by atoms with van der Waals surface area (Å²) in [5.74, 6) is 0.147. The molecule has 0 aromatic carbocycles. The second kappa shape index (κ2) is 4.20. The topological polar surface area (TPSA) is 91.2 Å². The van der Waals surface area contributed by atoms with Gasteiger partial charge in [0.25, 0.3) is 5.89 Å². The molecule has 3 aromatic heterocycles. The fourth-order valence-electron chi connectivity index (χ4n) is 1.73. The Morgan fingerprint density at radius 3 is 2.89 bits per heavy atom. The van der Waals surface area contributed by atoms with Crippen LogP contribution < -0.4 is 0 Å². The Morgan fingerprint density at radius 1 is 1.37 bits per heavy atom. The van der Waals surface area contributed by atoms with Gasteiger partial charge in [0.05, 0.1) is 13.4 Å². The van der Waals surface area contributed by atoms with Crippen molar-refractivity contribution in [1.82, 2.24) is 15.2 Å². The second-order valence-corrected chi connectivity index (χ2v) is 3.81. The first-order chi connectivity index (χ1) is 9.19. The number of pyridine rings is 1. The zero-order valence-corrected chi connectivity index (χ0v) is 10.2. The standard InChI is InChI=1S/C12H9N3O4/c1-6-14-15-11(19-6)9-5-7(12(16)17-2)10-8(13-9)3-4-18-10/h3-5H,1-2H3. The first-order valence-corrected chi connectivity index (χ1v) is 5.46. The van der Waals surface area contributed by atoms with Crippen LogP contribution in [0.2, 0.25) is 0 Å². The predicted molar refractivity (Wildman–Crippen MR) is 63.4 cm³/mol. The third kappa shape index (κ3) is 1.85. The second-order valence-electron chi connectivity index (χ2n) is 3.81. The van der Waals surface area contributed by atoms with Crippen LogP contribution in [0.1, 0.15) is 16.2 Å². The van der Waals surface area contributed by atoms with Crippen molar-refractivity contribution < 1.29 is 18.4 Å². The minimum absolute atomic E-state index is 0.241. The Bertz CT molecular complexity index is 759. The molecular weight excluding hydrogens is 250 g/mol. The van der Waals surface area contributed by atoms with Gasteiger partial charge in [-0.3, -0.25) is 0 Å². The van der Waals surface area contributed by atoms with Gasteiger partial charge in [-0.1, -0.05) is 0 Å². The summed E-state index contributed by atoms with van der Waals surface area (Å²) in [5, 5.41) is 7.60. The number of aryl methyl sites for hydroxylation is 1. The number of methoxy groups -OCH3 is 1. The lowest BCUT2D eigenvalue weighted by atomic mass is 10.2. The van der Waals surface area contributed by atoms with Crippen LogP contribution in [0.3, 0.4) is 0 Å². The van der Waals surface area contributed by atoms with Crippen molar-refractivity contribution in [2.75, 3.05) is 7.11 Å². The van der Waals surface area contributed by atoms with Gasteiger partial charge in [-0.25, -0.2) is 9.78 Å². The molecule has 0 atom stereocenters. The highest BCUT2D eigenvalue weighted by atomic mass is 16.5. The number of hydrogen-bond acceptors (Lipinski definition) is 7. The summed E-state index contributed by atoms with van der Waals surface area (Å²) in [6.45, 7) is 1.67. The SMILES string of the molecule is COC(=O)c1cc(-c2nnc(C)o2)nc2ccoc12. The van der Waals surface area contributed by atoms with Gasteiger partial charge in [0.2, 0.25) is 5.89 Å². The number of rotatable bonds is 2. The molecule has 7 heteroatoms. The maximum atomic E-state index is 11.7. The smallest absolute Gasteiger partial charge is 0.341 e. The van der Waals surface area contributed by atoms with Gasteiger partial charge in [0.15, 0.2) is 5.58 Å². The van der Waals surface area contributed by atoms with E-state index in [0.717, 1.165) is 0 Å². The number of furan rings is 1. The first kappa shape index (κ1) is 11.4. The molecule has 0 amide bonds. The number of fused-ring (bicyclic) bond motifs is 1. The van der Waals surface area contributed by atoms with E-state index in [9.17, 15) is 4.79 Å². The number of carbonyl (C=O) groups excluding carboxylic acids is 1. The minimum Gasteiger partial charge on any atom is -0.465 e. The average Bonchev–Trinajstić information content (AvgIpc) is 3.04. The molecule has 3 heterocycles. The van der Waals surface area contributed by atoms with Crippen LogP contribution >= 0.6 is 0 Å². The van der Waals surface area contributed by atoms with Gasteiger partial charge in [-0.05, 0) is 6.07 Å². The number of nitrogens with zero attached hydrogens (tertiary/aromatic N) is 3. The summed E-state index contributed by atoms with van der Waals surface area (Å²) in [6.07, 6.45) is 1.45. The molecule has 7 nitrogen and oxygen atoms in total. The molecule has 0 unspecified atom stereocenters. The van der Waals surface area contributed by atoms with Crippen LogP contribution in [0, 0.1) is 6.92 Å². The zero-order valence-electron chi connectivity index (χ0n) is 10.2. The van der Waals surface area contributed by atoms with E-state index in [4.69, 9.17) is 13.6 Å². The number of esters is 1. The molecule has 0 aliphatic rings. The molecule has 0 saturated heterocycles. The normalized spacial score (nSPS) is 10.8. The highest BCUT2D eigenvalue weighted by Crippen LogP contribution is 2.25. The molecular formula is C12H9N3O4. The molecule has 3 aromatic rings. The quantitative estimate of drug-likeness (QED) is 0.649. The van der Waals surface area contributed by atoms with E-state index in [1.165, 1.54) is 19.4 Å². The van der Waals surface area contributed by atoms with Gasteiger partial charge in [-0.2, -0.15) is 0 Å². The first-order valence-electron chi connectivity index (χ1n) is 5.46. The van der Waals surface area contributed by atoms with Crippen LogP contribution in [0.15, 0.2) is 27.2 Å². The van der Waals surface area contributed by atoms with Gasteiger partial charge in [0, 0.05) is 13.0 Å². The van der Waals surface area contributed by atoms with Gasteiger partial charge >= 0.3 is 5.97 Å². The van der Waals surface area contributed by atoms with Crippen molar-refractivity contribution in [3.63, 3.8) is 0 Å². The van der Waals surface area contributed by atoms with Crippen LogP contribution in [0.4, 0.5) is 0 Å². The van der Waals surface area contributed by atoms with Crippen molar-refractivity contribution in [2.24, 2.45) is 0 Å². The molecule has 0 spiro atoms. The minimum atomic E-state index is -0.514. The van der Waals surface area contributed by atoms with Gasteiger partial charge in [-0.15, -0.1) is 10.2 Å². The zero-order chi connectivity index (χ0) is 13.4. The van der Waals surface area contributed by atoms with Crippen molar-refractivity contribution in [3.05, 3.63) is 29.9 Å². The van der Waals surface area contributed by atoms with E-state index >= 15 is 0 Å². The van der Waals surface area contributed by atoms with Crippen molar-refractivity contribution in [2.45, 2.75) is 6.92 Å². The molecule has 3 rings (SSSR count). The van der Waals surface area contributed by atoms with E-state index in [-0.39, 0.29) is 11.5 Å². The van der Waals surface area contributed by atoms with Crippen LogP contribution in [-0.2, 0) is 4.74 Å². The third-order valence-corrected chi connectivity index (χ3v) is 2.56. The summed E-state index contributed by atoms with van der Waals surface area (Å²) in [7, 11) is 1.30. The maximum Gasteiger partial charge on any atom is 0.341 e. The van der Waals surface area contributed by atoms with Crippen LogP contribution in [0.25, 0.3) is 22.7 Å². The summed E-state index contributed by atoms with van der Waals surface area (Å²) < 4.78 is 15.3. The molecule has 19 heavy (non-hydrogen) atoms. The Balaban J connectivity index is 2.24. The predicted octanol–water partition coefficient (Wildman–Crippen LogP) is 1.97. The Morgan fingerprint density at radius 2 is 2.21 bits per heavy atom.